The Bertz CT molecular complexity index is 1490. The van der Waals surface area contributed by atoms with Gasteiger partial charge in [-0.05, 0) is 25.1 Å². The summed E-state index contributed by atoms with van der Waals surface area (Å²) >= 11 is 6.49. The number of hydrogen-bond donors (Lipinski definition) is 0. The lowest BCUT2D eigenvalue weighted by Gasteiger charge is -2.26. The van der Waals surface area contributed by atoms with Gasteiger partial charge in [0.15, 0.2) is 11.2 Å². The summed E-state index contributed by atoms with van der Waals surface area (Å²) in [5, 5.41) is 0.515. The monoisotopic (exact) mass is 486 g/mol. The molecule has 0 saturated carbocycles. The summed E-state index contributed by atoms with van der Waals surface area (Å²) < 4.78 is 17.4. The van der Waals surface area contributed by atoms with Crippen molar-refractivity contribution in [2.75, 3.05) is 39.5 Å². The van der Waals surface area contributed by atoms with Gasteiger partial charge < -0.3 is 14.0 Å². The van der Waals surface area contributed by atoms with Gasteiger partial charge in [0.05, 0.1) is 30.5 Å². The highest BCUT2D eigenvalue weighted by molar-refractivity contribution is 6.32. The Kier molecular flexibility index (Phi) is 5.97. The third-order valence-electron chi connectivity index (χ3n) is 6.33. The molecule has 0 spiro atoms. The summed E-state index contributed by atoms with van der Waals surface area (Å²) in [4.78, 5) is 32.6. The number of hydrogen-bond acceptors (Lipinski definition) is 6. The molecule has 0 radical (unpaired) electrons. The van der Waals surface area contributed by atoms with E-state index in [4.69, 9.17) is 26.1 Å². The quantitative estimate of drug-likeness (QED) is 0.412. The lowest BCUT2D eigenvalue weighted by atomic mass is 10.1. The second-order valence-corrected chi connectivity index (χ2v) is 8.77. The van der Waals surface area contributed by atoms with Crippen molar-refractivity contribution < 1.29 is 9.47 Å². The van der Waals surface area contributed by atoms with E-state index in [0.29, 0.717) is 54.1 Å². The van der Waals surface area contributed by atoms with Gasteiger partial charge in [0, 0.05) is 52.0 Å². The maximum absolute atomic E-state index is 13.0. The van der Waals surface area contributed by atoms with Gasteiger partial charge in [-0.3, -0.25) is 23.2 Å². The van der Waals surface area contributed by atoms with E-state index in [9.17, 15) is 9.59 Å². The minimum absolute atomic E-state index is 0.361. The first-order valence-electron chi connectivity index (χ1n) is 11.3. The van der Waals surface area contributed by atoms with Crippen LogP contribution < -0.4 is 16.0 Å². The molecule has 1 aliphatic rings. The number of benzene rings is 1. The first-order valence-corrected chi connectivity index (χ1v) is 11.7. The van der Waals surface area contributed by atoms with Gasteiger partial charge in [-0.2, -0.15) is 4.98 Å². The second kappa shape index (κ2) is 8.94. The van der Waals surface area contributed by atoms with Crippen LogP contribution in [0.15, 0.2) is 34.0 Å². The van der Waals surface area contributed by atoms with Crippen LogP contribution in [-0.2, 0) is 25.4 Å². The van der Waals surface area contributed by atoms with Gasteiger partial charge in [0.2, 0.25) is 5.78 Å². The van der Waals surface area contributed by atoms with Crippen LogP contribution in [0.1, 0.15) is 6.92 Å². The Hall–Kier alpha value is -3.08. The first-order chi connectivity index (χ1) is 16.4. The third-order valence-corrected chi connectivity index (χ3v) is 6.62. The molecule has 0 N–H and O–H groups in total. The first kappa shape index (κ1) is 22.7. The number of halogens is 1. The fraction of sp³-hybridized carbons (Fsp3) is 0.435. The van der Waals surface area contributed by atoms with Crippen molar-refractivity contribution in [3.05, 3.63) is 50.3 Å². The van der Waals surface area contributed by atoms with E-state index in [1.807, 2.05) is 31.3 Å². The lowest BCUT2D eigenvalue weighted by Crippen LogP contribution is -2.38. The van der Waals surface area contributed by atoms with Gasteiger partial charge in [-0.25, -0.2) is 4.79 Å². The number of fused-ring (bicyclic) bond motifs is 3. The minimum Gasteiger partial charge on any atom is -0.492 e. The van der Waals surface area contributed by atoms with Crippen LogP contribution in [0.25, 0.3) is 28.2 Å². The molecule has 0 amide bonds. The summed E-state index contributed by atoms with van der Waals surface area (Å²) in [5.41, 5.74) is 1.69. The van der Waals surface area contributed by atoms with Crippen molar-refractivity contribution >= 4 is 28.5 Å². The fourth-order valence-electron chi connectivity index (χ4n) is 4.47. The Balaban J connectivity index is 1.69. The molecule has 0 atom stereocenters. The van der Waals surface area contributed by atoms with Gasteiger partial charge in [0.1, 0.15) is 5.75 Å². The Morgan fingerprint density at radius 3 is 2.59 bits per heavy atom. The Labute approximate surface area is 200 Å². The largest absolute Gasteiger partial charge is 0.492 e. The second-order valence-electron chi connectivity index (χ2n) is 8.36. The van der Waals surface area contributed by atoms with Crippen LogP contribution in [0.4, 0.5) is 0 Å². The number of morpholine rings is 1. The minimum atomic E-state index is -0.406. The zero-order valence-corrected chi connectivity index (χ0v) is 20.2. The van der Waals surface area contributed by atoms with Crippen LogP contribution in [0.3, 0.4) is 0 Å². The zero-order chi connectivity index (χ0) is 24.0. The Morgan fingerprint density at radius 2 is 1.88 bits per heavy atom. The molecule has 0 bridgehead atoms. The smallest absolute Gasteiger partial charge is 0.332 e. The van der Waals surface area contributed by atoms with Gasteiger partial charge >= 0.3 is 5.69 Å². The van der Waals surface area contributed by atoms with Crippen molar-refractivity contribution in [2.45, 2.75) is 13.5 Å². The van der Waals surface area contributed by atoms with Crippen molar-refractivity contribution in [3.63, 3.8) is 0 Å². The van der Waals surface area contributed by atoms with Gasteiger partial charge in [-0.15, -0.1) is 0 Å². The van der Waals surface area contributed by atoms with Crippen LogP contribution in [-0.4, -0.2) is 67.4 Å². The molecular formula is C23H27ClN6O4. The number of rotatable bonds is 6. The predicted molar refractivity (Wildman–Crippen MR) is 130 cm³/mol. The summed E-state index contributed by atoms with van der Waals surface area (Å²) in [6.07, 6.45) is 1.89. The highest BCUT2D eigenvalue weighted by Crippen LogP contribution is 2.32. The van der Waals surface area contributed by atoms with Crippen LogP contribution >= 0.6 is 11.6 Å². The van der Waals surface area contributed by atoms with E-state index in [1.165, 1.54) is 11.6 Å². The van der Waals surface area contributed by atoms with Crippen LogP contribution in [0.2, 0.25) is 5.02 Å². The molecule has 11 heteroatoms. The van der Waals surface area contributed by atoms with E-state index in [-0.39, 0.29) is 5.56 Å². The number of nitrogens with zero attached hydrogens (tertiary/aromatic N) is 6. The third kappa shape index (κ3) is 3.71. The molecule has 1 fully saturated rings. The zero-order valence-electron chi connectivity index (χ0n) is 19.5. The van der Waals surface area contributed by atoms with E-state index >= 15 is 0 Å². The molecule has 4 aromatic rings. The standard InChI is InChI=1S/C23H27ClN6O4/c1-4-34-18-6-5-15(13-16(18)24)17-14-30-19-20(26(2)23(32)27(3)21(19)31)25-22(30)29(17)8-7-28-9-11-33-12-10-28/h5-6,13-14H,4,7-12H2,1-3H3. The lowest BCUT2D eigenvalue weighted by molar-refractivity contribution is 0.0365. The van der Waals surface area contributed by atoms with Crippen LogP contribution in [0.5, 0.6) is 5.75 Å². The maximum atomic E-state index is 13.0. The van der Waals surface area contributed by atoms with Crippen molar-refractivity contribution in [3.8, 4) is 17.0 Å². The summed E-state index contributed by atoms with van der Waals surface area (Å²) in [6.45, 7) is 7.05. The van der Waals surface area contributed by atoms with Crippen molar-refractivity contribution in [1.82, 2.24) is 28.0 Å². The van der Waals surface area contributed by atoms with Crippen molar-refractivity contribution in [2.24, 2.45) is 14.1 Å². The molecule has 1 aliphatic heterocycles. The molecule has 5 rings (SSSR count). The fourth-order valence-corrected chi connectivity index (χ4v) is 4.70. The average molecular weight is 487 g/mol. The molecule has 180 valence electrons. The predicted octanol–water partition coefficient (Wildman–Crippen LogP) is 1.74. The van der Waals surface area contributed by atoms with Crippen molar-refractivity contribution in [1.29, 1.82) is 0 Å². The molecule has 4 heterocycles. The SMILES string of the molecule is CCOc1ccc(-c2cn3c4c(=O)n(C)c(=O)n(C)c4nc3n2CCN2CCOCC2)cc1Cl. The number of ether oxygens (including phenoxy) is 2. The van der Waals surface area contributed by atoms with E-state index in [1.54, 1.807) is 11.4 Å². The van der Waals surface area contributed by atoms with E-state index in [0.717, 1.165) is 35.5 Å². The molecule has 34 heavy (non-hydrogen) atoms. The molecule has 1 aromatic carbocycles. The number of aryl methyl sites for hydroxylation is 1. The molecule has 0 unspecified atom stereocenters. The highest BCUT2D eigenvalue weighted by atomic mass is 35.5. The average Bonchev–Trinajstić information content (AvgIpc) is 3.38. The molecule has 10 nitrogen and oxygen atoms in total. The Morgan fingerprint density at radius 1 is 1.12 bits per heavy atom. The summed E-state index contributed by atoms with van der Waals surface area (Å²) in [6, 6.07) is 5.67. The number of aromatic nitrogens is 5. The van der Waals surface area contributed by atoms with Gasteiger partial charge in [0.25, 0.3) is 5.56 Å². The summed E-state index contributed by atoms with van der Waals surface area (Å²) in [7, 11) is 3.10. The summed E-state index contributed by atoms with van der Waals surface area (Å²) in [5.74, 6) is 1.22. The van der Waals surface area contributed by atoms with Crippen LogP contribution in [0, 0.1) is 0 Å². The highest BCUT2D eigenvalue weighted by Gasteiger charge is 2.22. The topological polar surface area (TPSA) is 87.9 Å². The molecular weight excluding hydrogens is 460 g/mol. The molecule has 1 saturated heterocycles. The van der Waals surface area contributed by atoms with E-state index in [2.05, 4.69) is 9.47 Å². The maximum Gasteiger partial charge on any atom is 0.332 e. The normalized spacial score (nSPS) is 14.9. The van der Waals surface area contributed by atoms with E-state index < -0.39 is 5.69 Å². The van der Waals surface area contributed by atoms with Gasteiger partial charge in [-0.1, -0.05) is 11.6 Å². The number of imidazole rings is 2. The molecule has 3 aromatic heterocycles. The molecule has 0 aliphatic carbocycles.